The zero-order chi connectivity index (χ0) is 17.9. The molecule has 1 amide bonds. The van der Waals surface area contributed by atoms with Gasteiger partial charge in [0.05, 0.1) is 32.7 Å². The Morgan fingerprint density at radius 2 is 2.12 bits per heavy atom. The molecule has 1 aromatic carbocycles. The lowest BCUT2D eigenvalue weighted by Gasteiger charge is -2.17. The molecule has 0 unspecified atom stereocenters. The van der Waals surface area contributed by atoms with Gasteiger partial charge < -0.3 is 4.90 Å². The largest absolute Gasteiger partial charge is 0.336 e. The Morgan fingerprint density at radius 3 is 2.71 bits per heavy atom. The summed E-state index contributed by atoms with van der Waals surface area (Å²) in [7, 11) is -0.707. The highest BCUT2D eigenvalue weighted by atomic mass is 35.5. The smallest absolute Gasteiger partial charge is 0.255 e. The zero-order valence-corrected chi connectivity index (χ0v) is 15.9. The van der Waals surface area contributed by atoms with E-state index in [-0.39, 0.29) is 21.4 Å². The van der Waals surface area contributed by atoms with Crippen molar-refractivity contribution in [3.63, 3.8) is 0 Å². The second kappa shape index (κ2) is 7.60. The van der Waals surface area contributed by atoms with Gasteiger partial charge in [-0.05, 0) is 31.7 Å². The highest BCUT2D eigenvalue weighted by Crippen LogP contribution is 2.22. The average molecular weight is 388 g/mol. The van der Waals surface area contributed by atoms with Crippen LogP contribution in [0.5, 0.6) is 0 Å². The molecule has 0 aliphatic rings. The van der Waals surface area contributed by atoms with Gasteiger partial charge in [-0.3, -0.25) is 4.79 Å². The number of amides is 1. The molecule has 130 valence electrons. The van der Waals surface area contributed by atoms with E-state index < -0.39 is 10.0 Å². The van der Waals surface area contributed by atoms with Crippen molar-refractivity contribution in [2.24, 2.45) is 0 Å². The van der Waals surface area contributed by atoms with E-state index in [1.807, 2.05) is 12.3 Å². The summed E-state index contributed by atoms with van der Waals surface area (Å²) in [6.07, 6.45) is 0.845. The molecule has 0 saturated carbocycles. The zero-order valence-electron chi connectivity index (χ0n) is 13.5. The Hall–Kier alpha value is -1.48. The van der Waals surface area contributed by atoms with E-state index in [1.165, 1.54) is 30.1 Å². The van der Waals surface area contributed by atoms with Crippen molar-refractivity contribution in [1.29, 1.82) is 0 Å². The quantitative estimate of drug-likeness (QED) is 0.826. The summed E-state index contributed by atoms with van der Waals surface area (Å²) in [6.45, 7) is 2.35. The molecule has 0 fully saturated rings. The fourth-order valence-corrected chi connectivity index (χ4v) is 3.75. The lowest BCUT2D eigenvalue weighted by Crippen LogP contribution is -2.27. The van der Waals surface area contributed by atoms with E-state index in [1.54, 1.807) is 18.4 Å². The summed E-state index contributed by atoms with van der Waals surface area (Å²) in [4.78, 5) is 18.5. The number of sulfonamides is 1. The number of aryl methyl sites for hydroxylation is 1. The van der Waals surface area contributed by atoms with Crippen molar-refractivity contribution in [2.45, 2.75) is 24.8 Å². The molecule has 2 rings (SSSR count). The molecular formula is C15H18ClN3O3S2. The molecule has 24 heavy (non-hydrogen) atoms. The summed E-state index contributed by atoms with van der Waals surface area (Å²) < 4.78 is 26.0. The first-order chi connectivity index (χ1) is 11.3. The molecule has 1 N–H and O–H groups in total. The number of rotatable bonds is 6. The van der Waals surface area contributed by atoms with Crippen LogP contribution in [0.4, 0.5) is 0 Å². The number of hydrogen-bond acceptors (Lipinski definition) is 5. The number of aromatic nitrogens is 1. The average Bonchev–Trinajstić information content (AvgIpc) is 3.02. The van der Waals surface area contributed by atoms with Crippen LogP contribution >= 0.6 is 22.9 Å². The van der Waals surface area contributed by atoms with Crippen molar-refractivity contribution in [2.75, 3.05) is 14.1 Å². The Morgan fingerprint density at radius 1 is 1.42 bits per heavy atom. The monoisotopic (exact) mass is 387 g/mol. The van der Waals surface area contributed by atoms with Crippen molar-refractivity contribution in [1.82, 2.24) is 14.6 Å². The van der Waals surface area contributed by atoms with Gasteiger partial charge >= 0.3 is 0 Å². The number of nitrogens with zero attached hydrogens (tertiary/aromatic N) is 2. The van der Waals surface area contributed by atoms with E-state index in [0.29, 0.717) is 6.54 Å². The van der Waals surface area contributed by atoms with Gasteiger partial charge in [0.25, 0.3) is 5.91 Å². The van der Waals surface area contributed by atoms with Crippen LogP contribution in [-0.4, -0.2) is 38.3 Å². The molecule has 0 spiro atoms. The van der Waals surface area contributed by atoms with Gasteiger partial charge in [-0.15, -0.1) is 11.3 Å². The van der Waals surface area contributed by atoms with Gasteiger partial charge in [-0.1, -0.05) is 18.5 Å². The minimum Gasteiger partial charge on any atom is -0.336 e. The van der Waals surface area contributed by atoms with Gasteiger partial charge in [0.15, 0.2) is 0 Å². The molecule has 0 bridgehead atoms. The Kier molecular flexibility index (Phi) is 5.97. The van der Waals surface area contributed by atoms with Crippen LogP contribution in [0.1, 0.15) is 28.0 Å². The molecule has 0 aliphatic heterocycles. The summed E-state index contributed by atoms with van der Waals surface area (Å²) in [5.74, 6) is -0.362. The summed E-state index contributed by atoms with van der Waals surface area (Å²) in [6, 6.07) is 4.05. The van der Waals surface area contributed by atoms with Gasteiger partial charge in [-0.25, -0.2) is 18.1 Å². The summed E-state index contributed by atoms with van der Waals surface area (Å²) >= 11 is 7.63. The standard InChI is InChI=1S/C15H18ClN3O3S2/c1-4-14-18-10(9-23-14)8-19(3)15(20)12-7-11(5-6-13(12)16)24(21,22)17-2/h5-7,9,17H,4,8H2,1-3H3. The van der Waals surface area contributed by atoms with Crippen LogP contribution in [0.2, 0.25) is 5.02 Å². The van der Waals surface area contributed by atoms with Crippen molar-refractivity contribution in [3.05, 3.63) is 44.9 Å². The predicted molar refractivity (Wildman–Crippen MR) is 95.0 cm³/mol. The fraction of sp³-hybridized carbons (Fsp3) is 0.333. The SMILES string of the molecule is CCc1nc(CN(C)C(=O)c2cc(S(=O)(=O)NC)ccc2Cl)cs1. The second-order valence-corrected chi connectivity index (χ2v) is 8.33. The topological polar surface area (TPSA) is 79.4 Å². The Labute approximate surface area is 150 Å². The molecule has 0 saturated heterocycles. The van der Waals surface area contributed by atoms with Crippen LogP contribution in [0.15, 0.2) is 28.5 Å². The van der Waals surface area contributed by atoms with E-state index >= 15 is 0 Å². The maximum atomic E-state index is 12.6. The van der Waals surface area contributed by atoms with E-state index in [0.717, 1.165) is 17.1 Å². The van der Waals surface area contributed by atoms with Crippen LogP contribution in [0.25, 0.3) is 0 Å². The van der Waals surface area contributed by atoms with Crippen molar-refractivity contribution in [3.8, 4) is 0 Å². The first-order valence-corrected chi connectivity index (χ1v) is 9.94. The minimum atomic E-state index is -3.65. The maximum Gasteiger partial charge on any atom is 0.255 e. The van der Waals surface area contributed by atoms with E-state index in [2.05, 4.69) is 9.71 Å². The van der Waals surface area contributed by atoms with Crippen molar-refractivity contribution < 1.29 is 13.2 Å². The van der Waals surface area contributed by atoms with E-state index in [4.69, 9.17) is 11.6 Å². The number of thiazole rings is 1. The Balaban J connectivity index is 2.26. The normalized spacial score (nSPS) is 11.5. The third-order valence-electron chi connectivity index (χ3n) is 3.39. The number of hydrogen-bond donors (Lipinski definition) is 1. The van der Waals surface area contributed by atoms with Gasteiger partial charge in [0, 0.05) is 12.4 Å². The van der Waals surface area contributed by atoms with Gasteiger partial charge in [0.1, 0.15) is 0 Å². The third kappa shape index (κ3) is 4.13. The minimum absolute atomic E-state index is 0.00641. The number of carbonyl (C=O) groups excluding carboxylic acids is 1. The van der Waals surface area contributed by atoms with Crippen LogP contribution in [0.3, 0.4) is 0 Å². The predicted octanol–water partition coefficient (Wildman–Crippen LogP) is 2.54. The lowest BCUT2D eigenvalue weighted by atomic mass is 10.2. The highest BCUT2D eigenvalue weighted by molar-refractivity contribution is 7.89. The van der Waals surface area contributed by atoms with Crippen LogP contribution < -0.4 is 4.72 Å². The van der Waals surface area contributed by atoms with E-state index in [9.17, 15) is 13.2 Å². The number of nitrogens with one attached hydrogen (secondary N) is 1. The molecule has 0 atom stereocenters. The molecule has 6 nitrogen and oxygen atoms in total. The molecule has 1 aromatic heterocycles. The number of carbonyl (C=O) groups is 1. The maximum absolute atomic E-state index is 12.6. The molecule has 0 radical (unpaired) electrons. The molecule has 9 heteroatoms. The summed E-state index contributed by atoms with van der Waals surface area (Å²) in [5.41, 5.74) is 0.934. The molecule has 1 heterocycles. The summed E-state index contributed by atoms with van der Waals surface area (Å²) in [5, 5.41) is 3.12. The second-order valence-electron chi connectivity index (χ2n) is 5.10. The molecule has 0 aliphatic carbocycles. The highest BCUT2D eigenvalue weighted by Gasteiger charge is 2.20. The third-order valence-corrected chi connectivity index (χ3v) is 6.18. The van der Waals surface area contributed by atoms with Gasteiger partial charge in [-0.2, -0.15) is 0 Å². The van der Waals surface area contributed by atoms with Crippen LogP contribution in [0, 0.1) is 0 Å². The van der Waals surface area contributed by atoms with Gasteiger partial charge in [0.2, 0.25) is 10.0 Å². The number of benzene rings is 1. The van der Waals surface area contributed by atoms with Crippen molar-refractivity contribution >= 4 is 38.9 Å². The first kappa shape index (κ1) is 18.9. The number of halogens is 1. The first-order valence-electron chi connectivity index (χ1n) is 7.20. The van der Waals surface area contributed by atoms with Crippen LogP contribution in [-0.2, 0) is 23.0 Å². The molecular weight excluding hydrogens is 370 g/mol. The molecule has 2 aromatic rings. The lowest BCUT2D eigenvalue weighted by molar-refractivity contribution is 0.0783. The Bertz CT molecular complexity index is 849. The fourth-order valence-electron chi connectivity index (χ4n) is 2.06.